The number of sulfone groups is 1. The van der Waals surface area contributed by atoms with Crippen LogP contribution in [0.25, 0.3) is 10.9 Å². The van der Waals surface area contributed by atoms with Gasteiger partial charge in [0, 0.05) is 36.4 Å². The molecule has 0 saturated heterocycles. The van der Waals surface area contributed by atoms with E-state index in [0.717, 1.165) is 35.7 Å². The highest BCUT2D eigenvalue weighted by Gasteiger charge is 2.13. The van der Waals surface area contributed by atoms with Crippen molar-refractivity contribution in [2.45, 2.75) is 37.1 Å². The van der Waals surface area contributed by atoms with Gasteiger partial charge in [0.15, 0.2) is 9.84 Å². The van der Waals surface area contributed by atoms with Gasteiger partial charge in [-0.1, -0.05) is 6.92 Å². The normalized spacial score (nSPS) is 13.8. The number of aryl methyl sites for hydroxylation is 2. The highest BCUT2D eigenvalue weighted by Crippen LogP contribution is 2.25. The van der Waals surface area contributed by atoms with Gasteiger partial charge >= 0.3 is 0 Å². The van der Waals surface area contributed by atoms with E-state index >= 15 is 0 Å². The topological polar surface area (TPSA) is 65.1 Å². The Morgan fingerprint density at radius 3 is 2.65 bits per heavy atom. The van der Waals surface area contributed by atoms with Gasteiger partial charge in [-0.3, -0.25) is 0 Å². The van der Waals surface area contributed by atoms with Crippen LogP contribution in [0.4, 0.5) is 0 Å². The number of hydrogen-bond acceptors (Lipinski definition) is 3. The van der Waals surface area contributed by atoms with Crippen LogP contribution >= 0.6 is 0 Å². The standard InChI is InChI=1S/C15H22N2O2S/c1-4-12(16)6-5-11-10-17(2)15-8-7-13(9-14(11)15)20(3,18)19/h7-10,12H,4-6,16H2,1-3H3. The second-order valence-electron chi connectivity index (χ2n) is 5.42. The lowest BCUT2D eigenvalue weighted by Crippen LogP contribution is -2.18. The first-order chi connectivity index (χ1) is 9.32. The first kappa shape index (κ1) is 15.1. The van der Waals surface area contributed by atoms with E-state index in [1.807, 2.05) is 17.7 Å². The van der Waals surface area contributed by atoms with E-state index in [1.165, 1.54) is 6.26 Å². The van der Waals surface area contributed by atoms with Crippen LogP contribution in [0.5, 0.6) is 0 Å². The fourth-order valence-electron chi connectivity index (χ4n) is 2.43. The zero-order valence-electron chi connectivity index (χ0n) is 12.3. The first-order valence-electron chi connectivity index (χ1n) is 6.86. The van der Waals surface area contributed by atoms with Crippen LogP contribution in [-0.4, -0.2) is 25.3 Å². The van der Waals surface area contributed by atoms with Crippen molar-refractivity contribution in [3.8, 4) is 0 Å². The molecule has 0 radical (unpaired) electrons. The quantitative estimate of drug-likeness (QED) is 0.920. The van der Waals surface area contributed by atoms with Crippen LogP contribution in [0.15, 0.2) is 29.3 Å². The van der Waals surface area contributed by atoms with E-state index in [2.05, 4.69) is 13.1 Å². The van der Waals surface area contributed by atoms with E-state index in [4.69, 9.17) is 5.73 Å². The molecule has 1 unspecified atom stereocenters. The van der Waals surface area contributed by atoms with E-state index in [9.17, 15) is 8.42 Å². The molecular formula is C15H22N2O2S. The molecule has 4 nitrogen and oxygen atoms in total. The molecule has 5 heteroatoms. The van der Waals surface area contributed by atoms with Crippen LogP contribution in [0.3, 0.4) is 0 Å². The highest BCUT2D eigenvalue weighted by atomic mass is 32.2. The molecule has 2 aromatic rings. The molecule has 1 aromatic carbocycles. The van der Waals surface area contributed by atoms with Crippen LogP contribution in [0, 0.1) is 0 Å². The summed E-state index contributed by atoms with van der Waals surface area (Å²) in [5.41, 5.74) is 8.19. The number of fused-ring (bicyclic) bond motifs is 1. The van der Waals surface area contributed by atoms with Crippen molar-refractivity contribution in [1.29, 1.82) is 0 Å². The lowest BCUT2D eigenvalue weighted by Gasteiger charge is -2.07. The average molecular weight is 294 g/mol. The number of nitrogens with zero attached hydrogens (tertiary/aromatic N) is 1. The Morgan fingerprint density at radius 1 is 1.35 bits per heavy atom. The minimum atomic E-state index is -3.17. The molecule has 1 atom stereocenters. The van der Waals surface area contributed by atoms with E-state index in [0.29, 0.717) is 4.90 Å². The lowest BCUT2D eigenvalue weighted by molar-refractivity contribution is 0.596. The van der Waals surface area contributed by atoms with Gasteiger partial charge in [-0.15, -0.1) is 0 Å². The number of hydrogen-bond donors (Lipinski definition) is 1. The van der Waals surface area contributed by atoms with Gasteiger partial charge in [-0.05, 0) is 43.0 Å². The molecule has 1 aromatic heterocycles. The van der Waals surface area contributed by atoms with E-state index in [1.54, 1.807) is 12.1 Å². The molecule has 1 heterocycles. The minimum Gasteiger partial charge on any atom is -0.350 e. The SMILES string of the molecule is CCC(N)CCc1cn(C)c2ccc(S(C)(=O)=O)cc12. The summed E-state index contributed by atoms with van der Waals surface area (Å²) in [6, 6.07) is 5.51. The smallest absolute Gasteiger partial charge is 0.175 e. The maximum atomic E-state index is 11.7. The van der Waals surface area contributed by atoms with E-state index in [-0.39, 0.29) is 6.04 Å². The summed E-state index contributed by atoms with van der Waals surface area (Å²) in [6.07, 6.45) is 6.06. The molecule has 0 aliphatic heterocycles. The molecule has 0 spiro atoms. The maximum Gasteiger partial charge on any atom is 0.175 e. The van der Waals surface area contributed by atoms with Gasteiger partial charge in [0.25, 0.3) is 0 Å². The monoisotopic (exact) mass is 294 g/mol. The molecular weight excluding hydrogens is 272 g/mol. The zero-order valence-corrected chi connectivity index (χ0v) is 13.1. The van der Waals surface area contributed by atoms with Crippen molar-refractivity contribution in [2.24, 2.45) is 12.8 Å². The summed E-state index contributed by atoms with van der Waals surface area (Å²) in [7, 11) is -1.19. The zero-order chi connectivity index (χ0) is 14.9. The summed E-state index contributed by atoms with van der Waals surface area (Å²) < 4.78 is 25.4. The predicted octanol–water partition coefficient (Wildman–Crippen LogP) is 2.25. The van der Waals surface area contributed by atoms with Crippen molar-refractivity contribution < 1.29 is 8.42 Å². The van der Waals surface area contributed by atoms with Gasteiger partial charge in [-0.25, -0.2) is 8.42 Å². The molecule has 20 heavy (non-hydrogen) atoms. The number of rotatable bonds is 5. The third-order valence-corrected chi connectivity index (χ3v) is 4.89. The van der Waals surface area contributed by atoms with Crippen LogP contribution < -0.4 is 5.73 Å². The number of benzene rings is 1. The Morgan fingerprint density at radius 2 is 2.05 bits per heavy atom. The second-order valence-corrected chi connectivity index (χ2v) is 7.44. The first-order valence-corrected chi connectivity index (χ1v) is 8.75. The van der Waals surface area contributed by atoms with Gasteiger partial charge in [0.1, 0.15) is 0 Å². The molecule has 0 aliphatic carbocycles. The van der Waals surface area contributed by atoms with Crippen molar-refractivity contribution in [3.05, 3.63) is 30.0 Å². The summed E-state index contributed by atoms with van der Waals surface area (Å²) in [4.78, 5) is 0.372. The molecule has 0 saturated carbocycles. The Balaban J connectivity index is 2.44. The van der Waals surface area contributed by atoms with E-state index < -0.39 is 9.84 Å². The second kappa shape index (κ2) is 5.58. The van der Waals surface area contributed by atoms with Crippen LogP contribution in [0.1, 0.15) is 25.3 Å². The average Bonchev–Trinajstić information content (AvgIpc) is 2.71. The summed E-state index contributed by atoms with van der Waals surface area (Å²) in [5.74, 6) is 0. The molecule has 0 amide bonds. The Hall–Kier alpha value is -1.33. The van der Waals surface area contributed by atoms with Gasteiger partial charge in [0.2, 0.25) is 0 Å². The molecule has 110 valence electrons. The third kappa shape index (κ3) is 3.04. The number of aromatic nitrogens is 1. The van der Waals surface area contributed by atoms with Gasteiger partial charge < -0.3 is 10.3 Å². The molecule has 0 bridgehead atoms. The predicted molar refractivity (Wildman–Crippen MR) is 82.6 cm³/mol. The summed E-state index contributed by atoms with van der Waals surface area (Å²) >= 11 is 0. The summed E-state index contributed by atoms with van der Waals surface area (Å²) in [6.45, 7) is 2.08. The Bertz CT molecular complexity index is 717. The summed E-state index contributed by atoms with van der Waals surface area (Å²) in [5, 5.41) is 1.01. The Kier molecular flexibility index (Phi) is 4.20. The molecule has 2 rings (SSSR count). The fraction of sp³-hybridized carbons (Fsp3) is 0.467. The van der Waals surface area contributed by atoms with Gasteiger partial charge in [0.05, 0.1) is 4.90 Å². The van der Waals surface area contributed by atoms with Gasteiger partial charge in [-0.2, -0.15) is 0 Å². The van der Waals surface area contributed by atoms with Crippen LogP contribution in [-0.2, 0) is 23.3 Å². The molecule has 0 fully saturated rings. The highest BCUT2D eigenvalue weighted by molar-refractivity contribution is 7.90. The van der Waals surface area contributed by atoms with Crippen molar-refractivity contribution in [3.63, 3.8) is 0 Å². The Labute approximate surface area is 120 Å². The van der Waals surface area contributed by atoms with Crippen LogP contribution in [0.2, 0.25) is 0 Å². The van der Waals surface area contributed by atoms with Crippen molar-refractivity contribution in [2.75, 3.05) is 6.26 Å². The van der Waals surface area contributed by atoms with Crippen molar-refractivity contribution in [1.82, 2.24) is 4.57 Å². The largest absolute Gasteiger partial charge is 0.350 e. The molecule has 0 aliphatic rings. The lowest BCUT2D eigenvalue weighted by atomic mass is 10.0. The number of nitrogens with two attached hydrogens (primary N) is 1. The maximum absolute atomic E-state index is 11.7. The fourth-order valence-corrected chi connectivity index (χ4v) is 3.07. The minimum absolute atomic E-state index is 0.198. The molecule has 2 N–H and O–H groups in total. The van der Waals surface area contributed by atoms with Crippen molar-refractivity contribution >= 4 is 20.7 Å². The third-order valence-electron chi connectivity index (χ3n) is 3.78.